The van der Waals surface area contributed by atoms with E-state index in [1.807, 2.05) is 6.92 Å². The Labute approximate surface area is 126 Å². The van der Waals surface area contributed by atoms with Crippen LogP contribution in [0.25, 0.3) is 11.0 Å². The minimum Gasteiger partial charge on any atom is -0.383 e. The molecule has 1 aliphatic carbocycles. The Morgan fingerprint density at radius 2 is 1.86 bits per heavy atom. The summed E-state index contributed by atoms with van der Waals surface area (Å²) in [4.78, 5) is 11.4. The van der Waals surface area contributed by atoms with Crippen LogP contribution in [0.2, 0.25) is 0 Å². The molecule has 0 unspecified atom stereocenters. The van der Waals surface area contributed by atoms with Gasteiger partial charge in [0, 0.05) is 17.8 Å². The van der Waals surface area contributed by atoms with Gasteiger partial charge in [-0.15, -0.1) is 0 Å². The van der Waals surface area contributed by atoms with Gasteiger partial charge in [0.1, 0.15) is 17.3 Å². The zero-order chi connectivity index (χ0) is 15.4. The van der Waals surface area contributed by atoms with Crippen molar-refractivity contribution in [1.82, 2.24) is 19.4 Å². The van der Waals surface area contributed by atoms with E-state index in [0.717, 1.165) is 23.4 Å². The Bertz CT molecular complexity index is 694. The van der Waals surface area contributed by atoms with Gasteiger partial charge in [-0.3, -0.25) is 0 Å². The monoisotopic (exact) mass is 287 g/mol. The van der Waals surface area contributed by atoms with E-state index in [0.29, 0.717) is 5.82 Å². The summed E-state index contributed by atoms with van der Waals surface area (Å²) in [6.45, 7) is 7.16. The molecule has 0 amide bonds. The lowest BCUT2D eigenvalue weighted by molar-refractivity contribution is 0.0430. The normalized spacial score (nSPS) is 17.4. The molecule has 1 aliphatic rings. The van der Waals surface area contributed by atoms with Gasteiger partial charge in [0.25, 0.3) is 0 Å². The molecule has 1 fully saturated rings. The summed E-state index contributed by atoms with van der Waals surface area (Å²) in [6.07, 6.45) is 3.81. The van der Waals surface area contributed by atoms with E-state index in [9.17, 15) is 0 Å². The van der Waals surface area contributed by atoms with E-state index in [1.165, 1.54) is 30.5 Å². The topological polar surface area (TPSA) is 60.0 Å². The highest BCUT2D eigenvalue weighted by molar-refractivity contribution is 5.91. The third-order valence-electron chi connectivity index (χ3n) is 5.29. The fourth-order valence-corrected chi connectivity index (χ4v) is 3.50. The zero-order valence-corrected chi connectivity index (χ0v) is 13.7. The van der Waals surface area contributed by atoms with Crippen molar-refractivity contribution < 1.29 is 0 Å². The number of aromatic nitrogens is 3. The lowest BCUT2D eigenvalue weighted by atomic mass is 9.75. The largest absolute Gasteiger partial charge is 0.383 e. The van der Waals surface area contributed by atoms with Gasteiger partial charge in [0.15, 0.2) is 0 Å². The Balaban J connectivity index is 2.16. The third kappa shape index (κ3) is 2.02. The van der Waals surface area contributed by atoms with Crippen LogP contribution in [0.4, 0.5) is 5.82 Å². The molecular weight excluding hydrogens is 262 g/mol. The highest BCUT2D eigenvalue weighted by Gasteiger charge is 2.40. The molecule has 2 heterocycles. The number of nitrogen functional groups attached to an aromatic ring is 1. The van der Waals surface area contributed by atoms with Crippen molar-refractivity contribution >= 4 is 16.9 Å². The maximum Gasteiger partial charge on any atom is 0.146 e. The third-order valence-corrected chi connectivity index (χ3v) is 5.29. The first-order valence-electron chi connectivity index (χ1n) is 7.63. The SMILES string of the molecule is Cc1nc(N)c2c(C)c(C)n(CC3(N(C)C)CCC3)c2n1. The van der Waals surface area contributed by atoms with Crippen LogP contribution < -0.4 is 5.73 Å². The number of likely N-dealkylation sites (N-methyl/N-ethyl adjacent to an activating group) is 1. The van der Waals surface area contributed by atoms with Gasteiger partial charge < -0.3 is 15.2 Å². The van der Waals surface area contributed by atoms with Crippen LogP contribution >= 0.6 is 0 Å². The number of aryl methyl sites for hydroxylation is 2. The fourth-order valence-electron chi connectivity index (χ4n) is 3.50. The molecule has 0 atom stereocenters. The second-order valence-corrected chi connectivity index (χ2v) is 6.62. The second-order valence-electron chi connectivity index (χ2n) is 6.62. The quantitative estimate of drug-likeness (QED) is 0.942. The lowest BCUT2D eigenvalue weighted by Gasteiger charge is -2.47. The molecular formula is C16H25N5. The fraction of sp³-hybridized carbons (Fsp3) is 0.625. The zero-order valence-electron chi connectivity index (χ0n) is 13.7. The van der Waals surface area contributed by atoms with Crippen molar-refractivity contribution in [2.45, 2.75) is 52.1 Å². The molecule has 114 valence electrons. The van der Waals surface area contributed by atoms with Crippen molar-refractivity contribution in [3.05, 3.63) is 17.1 Å². The predicted molar refractivity (Wildman–Crippen MR) is 86.4 cm³/mol. The van der Waals surface area contributed by atoms with Crippen LogP contribution in [0.3, 0.4) is 0 Å². The predicted octanol–water partition coefficient (Wildman–Crippen LogP) is 2.42. The number of fused-ring (bicyclic) bond motifs is 1. The Morgan fingerprint density at radius 3 is 2.38 bits per heavy atom. The average molecular weight is 287 g/mol. The number of rotatable bonds is 3. The van der Waals surface area contributed by atoms with E-state index in [1.54, 1.807) is 0 Å². The molecule has 2 aromatic rings. The van der Waals surface area contributed by atoms with E-state index in [-0.39, 0.29) is 5.54 Å². The molecule has 2 N–H and O–H groups in total. The first kappa shape index (κ1) is 14.3. The first-order chi connectivity index (χ1) is 9.85. The summed E-state index contributed by atoms with van der Waals surface area (Å²) in [5.41, 5.74) is 9.84. The summed E-state index contributed by atoms with van der Waals surface area (Å²) < 4.78 is 2.34. The van der Waals surface area contributed by atoms with Gasteiger partial charge in [0.2, 0.25) is 0 Å². The number of anilines is 1. The molecule has 5 heteroatoms. The molecule has 5 nitrogen and oxygen atoms in total. The number of hydrogen-bond donors (Lipinski definition) is 1. The Hall–Kier alpha value is -1.62. The summed E-state index contributed by atoms with van der Waals surface area (Å²) in [5, 5.41) is 1.02. The molecule has 0 spiro atoms. The molecule has 21 heavy (non-hydrogen) atoms. The minimum atomic E-state index is 0.261. The highest BCUT2D eigenvalue weighted by atomic mass is 15.2. The average Bonchev–Trinajstić information content (AvgIpc) is 2.57. The number of hydrogen-bond acceptors (Lipinski definition) is 4. The summed E-state index contributed by atoms with van der Waals surface area (Å²) in [7, 11) is 4.36. The molecule has 0 aliphatic heterocycles. The standard InChI is InChI=1S/C16H25N5/c1-10-11(2)21(9-16(20(4)5)7-6-8-16)15-13(10)14(17)18-12(3)19-15/h6-9H2,1-5H3,(H2,17,18,19). The Kier molecular flexibility index (Phi) is 3.20. The van der Waals surface area contributed by atoms with Crippen LogP contribution in [0.1, 0.15) is 36.3 Å². The Morgan fingerprint density at radius 1 is 1.19 bits per heavy atom. The highest BCUT2D eigenvalue weighted by Crippen LogP contribution is 2.39. The maximum atomic E-state index is 6.14. The molecule has 0 bridgehead atoms. The second kappa shape index (κ2) is 4.70. The van der Waals surface area contributed by atoms with Gasteiger partial charge >= 0.3 is 0 Å². The summed E-state index contributed by atoms with van der Waals surface area (Å²) in [6, 6.07) is 0. The van der Waals surface area contributed by atoms with Crippen LogP contribution in [-0.2, 0) is 6.54 Å². The van der Waals surface area contributed by atoms with Gasteiger partial charge in [-0.25, -0.2) is 9.97 Å². The van der Waals surface area contributed by atoms with Crippen molar-refractivity contribution in [2.75, 3.05) is 19.8 Å². The molecule has 1 saturated carbocycles. The summed E-state index contributed by atoms with van der Waals surface area (Å²) >= 11 is 0. The van der Waals surface area contributed by atoms with E-state index in [4.69, 9.17) is 5.73 Å². The maximum absolute atomic E-state index is 6.14. The summed E-state index contributed by atoms with van der Waals surface area (Å²) in [5.74, 6) is 1.34. The van der Waals surface area contributed by atoms with E-state index < -0.39 is 0 Å². The number of nitrogens with two attached hydrogens (primary N) is 1. The molecule has 3 rings (SSSR count). The van der Waals surface area contributed by atoms with Crippen molar-refractivity contribution in [2.24, 2.45) is 0 Å². The van der Waals surface area contributed by atoms with Crippen molar-refractivity contribution in [3.8, 4) is 0 Å². The van der Waals surface area contributed by atoms with Gasteiger partial charge in [-0.05, 0) is 59.7 Å². The van der Waals surface area contributed by atoms with E-state index >= 15 is 0 Å². The van der Waals surface area contributed by atoms with Gasteiger partial charge in [0.05, 0.1) is 5.39 Å². The van der Waals surface area contributed by atoms with Crippen molar-refractivity contribution in [1.29, 1.82) is 0 Å². The first-order valence-corrected chi connectivity index (χ1v) is 7.63. The molecule has 2 aromatic heterocycles. The van der Waals surface area contributed by atoms with Crippen LogP contribution in [0.5, 0.6) is 0 Å². The van der Waals surface area contributed by atoms with Crippen LogP contribution in [-0.4, -0.2) is 39.1 Å². The minimum absolute atomic E-state index is 0.261. The van der Waals surface area contributed by atoms with Gasteiger partial charge in [-0.2, -0.15) is 0 Å². The van der Waals surface area contributed by atoms with Gasteiger partial charge in [-0.1, -0.05) is 0 Å². The van der Waals surface area contributed by atoms with Crippen LogP contribution in [0, 0.1) is 20.8 Å². The number of nitrogens with zero attached hydrogens (tertiary/aromatic N) is 4. The van der Waals surface area contributed by atoms with Crippen LogP contribution in [0.15, 0.2) is 0 Å². The van der Waals surface area contributed by atoms with Crippen molar-refractivity contribution in [3.63, 3.8) is 0 Å². The molecule has 0 radical (unpaired) electrons. The smallest absolute Gasteiger partial charge is 0.146 e. The van der Waals surface area contributed by atoms with E-state index in [2.05, 4.69) is 47.4 Å². The lowest BCUT2D eigenvalue weighted by Crippen LogP contribution is -2.53. The molecule has 0 aromatic carbocycles. The molecule has 0 saturated heterocycles.